The maximum absolute atomic E-state index is 12.1. The highest BCUT2D eigenvalue weighted by Gasteiger charge is 2.40. The van der Waals surface area contributed by atoms with Crippen LogP contribution in [0, 0.1) is 0 Å². The molecule has 3 aliphatic rings. The van der Waals surface area contributed by atoms with Crippen molar-refractivity contribution in [2.75, 3.05) is 18.0 Å². The number of amides is 2. The Balaban J connectivity index is 1.37. The molecular formula is C20H28N4O4. The molecule has 8 heteroatoms. The van der Waals surface area contributed by atoms with Gasteiger partial charge in [-0.25, -0.2) is 14.6 Å². The van der Waals surface area contributed by atoms with Gasteiger partial charge in [0.2, 0.25) is 0 Å². The zero-order valence-electron chi connectivity index (χ0n) is 16.3. The van der Waals surface area contributed by atoms with E-state index in [0.29, 0.717) is 18.8 Å². The monoisotopic (exact) mass is 388 g/mol. The van der Waals surface area contributed by atoms with Crippen molar-refractivity contribution < 1.29 is 19.4 Å². The Labute approximate surface area is 164 Å². The van der Waals surface area contributed by atoms with Crippen molar-refractivity contribution >= 4 is 18.0 Å². The quantitative estimate of drug-likeness (QED) is 0.827. The molecule has 2 fully saturated rings. The third kappa shape index (κ3) is 3.86. The molecule has 1 aliphatic carbocycles. The van der Waals surface area contributed by atoms with Gasteiger partial charge in [-0.05, 0) is 37.8 Å². The van der Waals surface area contributed by atoms with Crippen LogP contribution >= 0.6 is 0 Å². The number of carboxylic acid groups (broad SMARTS) is 1. The van der Waals surface area contributed by atoms with Gasteiger partial charge >= 0.3 is 12.2 Å². The van der Waals surface area contributed by atoms with E-state index in [2.05, 4.69) is 10.2 Å². The number of anilines is 1. The molecule has 1 aromatic heterocycles. The number of hydrogen-bond acceptors (Lipinski definition) is 5. The van der Waals surface area contributed by atoms with Gasteiger partial charge in [-0.3, -0.25) is 0 Å². The van der Waals surface area contributed by atoms with Crippen molar-refractivity contribution in [2.24, 2.45) is 0 Å². The summed E-state index contributed by atoms with van der Waals surface area (Å²) in [5.74, 6) is 0.899. The molecule has 0 unspecified atom stereocenters. The van der Waals surface area contributed by atoms with Crippen LogP contribution < -0.4 is 10.2 Å². The molecule has 8 nitrogen and oxygen atoms in total. The van der Waals surface area contributed by atoms with Crippen molar-refractivity contribution in [3.8, 4) is 0 Å². The third-order valence-corrected chi connectivity index (χ3v) is 6.05. The van der Waals surface area contributed by atoms with Gasteiger partial charge in [0.1, 0.15) is 12.4 Å². The van der Waals surface area contributed by atoms with Crippen LogP contribution in [0.4, 0.5) is 15.4 Å². The number of rotatable bonds is 3. The average Bonchev–Trinajstić information content (AvgIpc) is 3.05. The Morgan fingerprint density at radius 3 is 2.79 bits per heavy atom. The van der Waals surface area contributed by atoms with Gasteiger partial charge in [0.15, 0.2) is 0 Å². The van der Waals surface area contributed by atoms with Gasteiger partial charge in [-0.2, -0.15) is 0 Å². The lowest BCUT2D eigenvalue weighted by atomic mass is 9.96. The minimum atomic E-state index is -0.867. The van der Waals surface area contributed by atoms with E-state index in [1.807, 2.05) is 19.1 Å². The van der Waals surface area contributed by atoms with Crippen LogP contribution in [0.15, 0.2) is 12.1 Å². The number of nitrogens with zero attached hydrogens (tertiary/aromatic N) is 3. The molecule has 0 radical (unpaired) electrons. The summed E-state index contributed by atoms with van der Waals surface area (Å²) < 4.78 is 5.38. The molecule has 0 bridgehead atoms. The number of ether oxygens (including phenoxy) is 1. The van der Waals surface area contributed by atoms with Gasteiger partial charge in [-0.1, -0.05) is 25.3 Å². The molecule has 152 valence electrons. The van der Waals surface area contributed by atoms with E-state index < -0.39 is 6.09 Å². The fourth-order valence-electron chi connectivity index (χ4n) is 4.71. The summed E-state index contributed by atoms with van der Waals surface area (Å²) in [6.07, 6.45) is 5.15. The van der Waals surface area contributed by atoms with Crippen molar-refractivity contribution in [2.45, 2.75) is 70.2 Å². The summed E-state index contributed by atoms with van der Waals surface area (Å²) in [4.78, 5) is 31.8. The smallest absolute Gasteiger partial charge is 0.407 e. The molecular weight excluding hydrogens is 360 g/mol. The van der Waals surface area contributed by atoms with Crippen LogP contribution in [0.2, 0.25) is 0 Å². The van der Waals surface area contributed by atoms with Gasteiger partial charge in [-0.15, -0.1) is 0 Å². The molecule has 0 spiro atoms. The topological polar surface area (TPSA) is 95.0 Å². The second kappa shape index (κ2) is 7.85. The largest absolute Gasteiger partial charge is 0.465 e. The number of nitrogens with one attached hydrogen (secondary N) is 1. The minimum Gasteiger partial charge on any atom is -0.465 e. The lowest BCUT2D eigenvalue weighted by Crippen LogP contribution is -2.58. The van der Waals surface area contributed by atoms with E-state index in [9.17, 15) is 14.7 Å². The Hall–Kier alpha value is -2.51. The minimum absolute atomic E-state index is 0.0642. The first-order valence-electron chi connectivity index (χ1n) is 10.2. The molecule has 28 heavy (non-hydrogen) atoms. The summed E-state index contributed by atoms with van der Waals surface area (Å²) in [7, 11) is 0. The van der Waals surface area contributed by atoms with Crippen LogP contribution in [-0.4, -0.2) is 58.4 Å². The summed E-state index contributed by atoms with van der Waals surface area (Å²) in [6, 6.07) is 4.32. The van der Waals surface area contributed by atoms with Crippen LogP contribution in [0.5, 0.6) is 0 Å². The van der Waals surface area contributed by atoms with E-state index in [1.54, 1.807) is 0 Å². The SMILES string of the molecule is C[C@@H]1CN(C(=O)O)C[C@H]2Cc3ccc(COC(=O)NC4CCCCC4)nc3N21. The maximum atomic E-state index is 12.1. The lowest BCUT2D eigenvalue weighted by molar-refractivity contribution is 0.128. The standard InChI is InChI=1S/C20H28N4O4/c1-13-10-23(20(26)27)11-17-9-14-7-8-16(21-18(14)24(13)17)12-28-19(25)22-15-5-3-2-4-6-15/h7-8,13,15,17H,2-6,9-12H2,1H3,(H,22,25)(H,26,27)/t13-,17-/m1/s1. The Kier molecular flexibility index (Phi) is 5.28. The van der Waals surface area contributed by atoms with Gasteiger partial charge in [0.25, 0.3) is 0 Å². The predicted octanol–water partition coefficient (Wildman–Crippen LogP) is 2.75. The number of fused-ring (bicyclic) bond motifs is 3. The summed E-state index contributed by atoms with van der Waals surface area (Å²) in [5, 5.41) is 12.3. The number of hydrogen-bond donors (Lipinski definition) is 2. The molecule has 0 aromatic carbocycles. The number of pyridine rings is 1. The lowest BCUT2D eigenvalue weighted by Gasteiger charge is -2.42. The van der Waals surface area contributed by atoms with Crippen molar-refractivity contribution in [1.29, 1.82) is 0 Å². The fourth-order valence-corrected chi connectivity index (χ4v) is 4.71. The Morgan fingerprint density at radius 2 is 2.04 bits per heavy atom. The molecule has 1 saturated heterocycles. The number of piperazine rings is 1. The second-order valence-electron chi connectivity index (χ2n) is 8.14. The van der Waals surface area contributed by atoms with E-state index in [0.717, 1.165) is 43.5 Å². The van der Waals surface area contributed by atoms with Gasteiger partial charge in [0, 0.05) is 25.2 Å². The normalized spacial score (nSPS) is 24.5. The van der Waals surface area contributed by atoms with Crippen molar-refractivity contribution in [3.63, 3.8) is 0 Å². The van der Waals surface area contributed by atoms with Gasteiger partial charge < -0.3 is 25.0 Å². The summed E-state index contributed by atoms with van der Waals surface area (Å²) >= 11 is 0. The molecule has 2 aliphatic heterocycles. The maximum Gasteiger partial charge on any atom is 0.407 e. The zero-order chi connectivity index (χ0) is 19.7. The molecule has 2 amide bonds. The van der Waals surface area contributed by atoms with E-state index >= 15 is 0 Å². The number of aromatic nitrogens is 1. The first-order valence-corrected chi connectivity index (χ1v) is 10.2. The van der Waals surface area contributed by atoms with E-state index in [-0.39, 0.29) is 30.8 Å². The van der Waals surface area contributed by atoms with Crippen LogP contribution in [0.1, 0.15) is 50.3 Å². The summed E-state index contributed by atoms with van der Waals surface area (Å²) in [6.45, 7) is 3.13. The van der Waals surface area contributed by atoms with Crippen LogP contribution in [0.3, 0.4) is 0 Å². The second-order valence-corrected chi connectivity index (χ2v) is 8.14. The molecule has 1 aromatic rings. The Morgan fingerprint density at radius 1 is 1.25 bits per heavy atom. The van der Waals surface area contributed by atoms with Crippen LogP contribution in [-0.2, 0) is 17.8 Å². The number of carbonyl (C=O) groups excluding carboxylic acids is 1. The summed E-state index contributed by atoms with van der Waals surface area (Å²) in [5.41, 5.74) is 1.84. The van der Waals surface area contributed by atoms with E-state index in [1.165, 1.54) is 11.3 Å². The average molecular weight is 388 g/mol. The Bertz CT molecular complexity index is 750. The number of alkyl carbamates (subject to hydrolysis) is 1. The first kappa shape index (κ1) is 18.8. The third-order valence-electron chi connectivity index (χ3n) is 6.05. The molecule has 3 heterocycles. The highest BCUT2D eigenvalue weighted by molar-refractivity contribution is 5.68. The highest BCUT2D eigenvalue weighted by Crippen LogP contribution is 2.35. The molecule has 2 N–H and O–H groups in total. The molecule has 1 saturated carbocycles. The fraction of sp³-hybridized carbons (Fsp3) is 0.650. The molecule has 2 atom stereocenters. The molecule has 4 rings (SSSR count). The van der Waals surface area contributed by atoms with Crippen molar-refractivity contribution in [3.05, 3.63) is 23.4 Å². The van der Waals surface area contributed by atoms with E-state index in [4.69, 9.17) is 9.72 Å². The zero-order valence-corrected chi connectivity index (χ0v) is 16.3. The van der Waals surface area contributed by atoms with Crippen molar-refractivity contribution in [1.82, 2.24) is 15.2 Å². The number of carbonyl (C=O) groups is 2. The first-order chi connectivity index (χ1) is 13.5. The van der Waals surface area contributed by atoms with Gasteiger partial charge in [0.05, 0.1) is 11.7 Å². The van der Waals surface area contributed by atoms with Crippen LogP contribution in [0.25, 0.3) is 0 Å². The highest BCUT2D eigenvalue weighted by atomic mass is 16.5. The predicted molar refractivity (Wildman–Crippen MR) is 103 cm³/mol.